The number of carbonyl (C=O) groups excluding carboxylic acids is 1. The molecule has 0 radical (unpaired) electrons. The number of aliphatic imine (C=N–C) groups is 1. The van der Waals surface area contributed by atoms with E-state index in [0.29, 0.717) is 5.82 Å². The topological polar surface area (TPSA) is 98.2 Å². The van der Waals surface area contributed by atoms with Gasteiger partial charge in [0, 0.05) is 24.3 Å². The number of alkyl halides is 2. The lowest BCUT2D eigenvalue weighted by Crippen LogP contribution is -2.44. The van der Waals surface area contributed by atoms with Crippen molar-refractivity contribution < 1.29 is 18.0 Å². The molecular weight excluding hydrogens is 421 g/mol. The molecule has 0 aliphatic carbocycles. The van der Waals surface area contributed by atoms with Gasteiger partial charge in [0.05, 0.1) is 11.6 Å². The number of hydrogen-bond donors (Lipinski definition) is 2. The summed E-state index contributed by atoms with van der Waals surface area (Å²) >= 11 is 5.64. The van der Waals surface area contributed by atoms with Crippen molar-refractivity contribution in [3.8, 4) is 0 Å². The van der Waals surface area contributed by atoms with Crippen LogP contribution in [0, 0.1) is 5.82 Å². The molecule has 0 fully saturated rings. The molecule has 1 aliphatic rings. The van der Waals surface area contributed by atoms with E-state index in [1.807, 2.05) is 0 Å². The van der Waals surface area contributed by atoms with Gasteiger partial charge >= 0.3 is 0 Å². The normalized spacial score (nSPS) is 18.1. The Kier molecular flexibility index (Phi) is 4.94. The number of carbonyl (C=O) groups is 1. The van der Waals surface area contributed by atoms with Crippen molar-refractivity contribution in [1.82, 2.24) is 14.5 Å². The van der Waals surface area contributed by atoms with E-state index >= 15 is 0 Å². The minimum atomic E-state index is -2.90. The lowest BCUT2D eigenvalue weighted by Gasteiger charge is -2.34. The molecule has 4 rings (SSSR count). The van der Waals surface area contributed by atoms with Crippen LogP contribution in [0.4, 0.5) is 18.9 Å². The van der Waals surface area contributed by atoms with E-state index in [2.05, 4.69) is 20.3 Å². The highest BCUT2D eigenvalue weighted by Gasteiger charge is 2.45. The van der Waals surface area contributed by atoms with Crippen LogP contribution in [0.2, 0.25) is 5.02 Å². The second-order valence-corrected chi connectivity index (χ2v) is 7.06. The Morgan fingerprint density at radius 3 is 2.83 bits per heavy atom. The highest BCUT2D eigenvalue weighted by molar-refractivity contribution is 6.30. The molecule has 7 nitrogen and oxygen atoms in total. The van der Waals surface area contributed by atoms with E-state index in [-0.39, 0.29) is 28.7 Å². The fourth-order valence-electron chi connectivity index (χ4n) is 3.27. The highest BCUT2D eigenvalue weighted by atomic mass is 35.5. The van der Waals surface area contributed by atoms with E-state index in [0.717, 1.165) is 12.3 Å². The molecule has 1 atom stereocenters. The van der Waals surface area contributed by atoms with Crippen LogP contribution in [-0.4, -0.2) is 32.7 Å². The summed E-state index contributed by atoms with van der Waals surface area (Å²) < 4.78 is 43.9. The molecule has 0 saturated heterocycles. The van der Waals surface area contributed by atoms with Gasteiger partial charge < -0.3 is 15.6 Å². The van der Waals surface area contributed by atoms with Crippen LogP contribution in [0.1, 0.15) is 21.9 Å². The quantitative estimate of drug-likeness (QED) is 0.658. The summed E-state index contributed by atoms with van der Waals surface area (Å²) in [5.74, 6) is -1.57. The zero-order valence-electron chi connectivity index (χ0n) is 15.2. The van der Waals surface area contributed by atoms with Gasteiger partial charge in [0.15, 0.2) is 28.7 Å². The Morgan fingerprint density at radius 1 is 1.30 bits per heavy atom. The number of pyridine rings is 1. The van der Waals surface area contributed by atoms with Gasteiger partial charge in [-0.2, -0.15) is 0 Å². The number of halogens is 4. The number of benzene rings is 1. The number of amides is 1. The van der Waals surface area contributed by atoms with Crippen molar-refractivity contribution in [2.24, 2.45) is 10.7 Å². The number of anilines is 1. The van der Waals surface area contributed by atoms with E-state index in [4.69, 9.17) is 17.3 Å². The average Bonchev–Trinajstić information content (AvgIpc) is 3.17. The maximum Gasteiger partial charge on any atom is 0.277 e. The van der Waals surface area contributed by atoms with Crippen LogP contribution in [0.3, 0.4) is 0 Å². The Bertz CT molecular complexity index is 1160. The molecule has 1 aliphatic heterocycles. The molecule has 0 saturated carbocycles. The van der Waals surface area contributed by atoms with Gasteiger partial charge in [0.2, 0.25) is 0 Å². The number of fused-ring (bicyclic) bond motifs is 1. The van der Waals surface area contributed by atoms with Gasteiger partial charge in [-0.1, -0.05) is 23.7 Å². The van der Waals surface area contributed by atoms with Gasteiger partial charge in [-0.3, -0.25) is 4.79 Å². The molecule has 30 heavy (non-hydrogen) atoms. The van der Waals surface area contributed by atoms with Crippen LogP contribution in [-0.2, 0) is 12.1 Å². The van der Waals surface area contributed by atoms with Gasteiger partial charge in [-0.25, -0.2) is 28.1 Å². The standard InChI is InChI=1S/C19H14ClF3N6O/c20-11-7-13(21)14(26-8-11)17(30)27-12-3-1-2-10(6-12)19(18(22)23)9-29-5-4-25-16(29)15(24)28-19/h1-8,18H,9H2,(H2,24,28)(H,27,30). The second-order valence-electron chi connectivity index (χ2n) is 6.62. The SMILES string of the molecule is NC1=NC(c2cccc(NC(=O)c3ncc(Cl)cc3F)c2)(C(F)F)Cn2ccnc21. The lowest BCUT2D eigenvalue weighted by atomic mass is 9.89. The fraction of sp³-hybridized carbons (Fsp3) is 0.158. The van der Waals surface area contributed by atoms with Gasteiger partial charge in [-0.05, 0) is 23.8 Å². The van der Waals surface area contributed by atoms with Gasteiger partial charge in [-0.15, -0.1) is 0 Å². The Morgan fingerprint density at radius 2 is 2.10 bits per heavy atom. The van der Waals surface area contributed by atoms with E-state index < -0.39 is 29.4 Å². The molecular formula is C19H14ClF3N6O. The zero-order chi connectivity index (χ0) is 21.5. The summed E-state index contributed by atoms with van der Waals surface area (Å²) in [6, 6.07) is 6.72. The molecule has 3 aromatic rings. The lowest BCUT2D eigenvalue weighted by molar-refractivity contribution is 0.0407. The number of amidine groups is 1. The number of hydrogen-bond acceptors (Lipinski definition) is 5. The van der Waals surface area contributed by atoms with Crippen LogP contribution < -0.4 is 11.1 Å². The van der Waals surface area contributed by atoms with E-state index in [1.54, 1.807) is 0 Å². The average molecular weight is 435 g/mol. The Hall–Kier alpha value is -3.40. The molecule has 2 aromatic heterocycles. The Balaban J connectivity index is 1.68. The van der Waals surface area contributed by atoms with E-state index in [9.17, 15) is 18.0 Å². The number of nitrogens with zero attached hydrogens (tertiary/aromatic N) is 4. The predicted octanol–water partition coefficient (Wildman–Crippen LogP) is 3.20. The highest BCUT2D eigenvalue weighted by Crippen LogP contribution is 2.38. The monoisotopic (exact) mass is 434 g/mol. The van der Waals surface area contributed by atoms with Crippen LogP contribution in [0.25, 0.3) is 0 Å². The first-order valence-electron chi connectivity index (χ1n) is 8.68. The van der Waals surface area contributed by atoms with Crippen LogP contribution >= 0.6 is 11.6 Å². The molecule has 3 N–H and O–H groups in total. The largest absolute Gasteiger partial charge is 0.381 e. The summed E-state index contributed by atoms with van der Waals surface area (Å²) in [4.78, 5) is 24.1. The molecule has 0 bridgehead atoms. The summed E-state index contributed by atoms with van der Waals surface area (Å²) in [7, 11) is 0. The third kappa shape index (κ3) is 3.39. The number of nitrogens with one attached hydrogen (secondary N) is 1. The summed E-state index contributed by atoms with van der Waals surface area (Å²) in [6.45, 7) is -0.189. The van der Waals surface area contributed by atoms with Crippen molar-refractivity contribution in [2.45, 2.75) is 18.5 Å². The van der Waals surface area contributed by atoms with Gasteiger partial charge in [0.25, 0.3) is 12.3 Å². The molecule has 154 valence electrons. The van der Waals surface area contributed by atoms with Crippen molar-refractivity contribution in [3.05, 3.63) is 76.8 Å². The van der Waals surface area contributed by atoms with Crippen molar-refractivity contribution in [3.63, 3.8) is 0 Å². The van der Waals surface area contributed by atoms with Gasteiger partial charge in [0.1, 0.15) is 0 Å². The maximum atomic E-state index is 14.2. The smallest absolute Gasteiger partial charge is 0.277 e. The maximum absolute atomic E-state index is 14.2. The molecule has 1 amide bonds. The number of rotatable bonds is 4. The third-order valence-electron chi connectivity index (χ3n) is 4.68. The van der Waals surface area contributed by atoms with Crippen molar-refractivity contribution in [1.29, 1.82) is 0 Å². The molecule has 0 spiro atoms. The number of imidazole rings is 1. The minimum absolute atomic E-state index is 0.0385. The first-order valence-corrected chi connectivity index (χ1v) is 9.06. The number of nitrogens with two attached hydrogens (primary N) is 1. The fourth-order valence-corrected chi connectivity index (χ4v) is 3.41. The molecule has 11 heteroatoms. The minimum Gasteiger partial charge on any atom is -0.381 e. The molecule has 1 unspecified atom stereocenters. The third-order valence-corrected chi connectivity index (χ3v) is 4.89. The van der Waals surface area contributed by atoms with Crippen LogP contribution in [0.15, 0.2) is 53.9 Å². The Labute approximate surface area is 173 Å². The van der Waals surface area contributed by atoms with E-state index in [1.165, 1.54) is 41.2 Å². The number of aromatic nitrogens is 3. The van der Waals surface area contributed by atoms with Crippen molar-refractivity contribution in [2.75, 3.05) is 5.32 Å². The zero-order valence-corrected chi connectivity index (χ0v) is 15.9. The van der Waals surface area contributed by atoms with Crippen molar-refractivity contribution >= 4 is 29.0 Å². The van der Waals surface area contributed by atoms with Crippen LogP contribution in [0.5, 0.6) is 0 Å². The molecule has 3 heterocycles. The first-order chi connectivity index (χ1) is 14.3. The second kappa shape index (κ2) is 7.45. The summed E-state index contributed by atoms with van der Waals surface area (Å²) in [5.41, 5.74) is 3.72. The summed E-state index contributed by atoms with van der Waals surface area (Å²) in [6.07, 6.45) is 1.22. The first kappa shape index (κ1) is 19.9. The predicted molar refractivity (Wildman–Crippen MR) is 104 cm³/mol. The summed E-state index contributed by atoms with van der Waals surface area (Å²) in [5, 5.41) is 2.49. The molecule has 1 aromatic carbocycles.